The van der Waals surface area contributed by atoms with Crippen LogP contribution in [0.5, 0.6) is 0 Å². The first kappa shape index (κ1) is 19.2. The van der Waals surface area contributed by atoms with E-state index in [1.54, 1.807) is 24.3 Å². The van der Waals surface area contributed by atoms with Crippen LogP contribution in [0, 0.1) is 5.92 Å². The molecule has 26 heavy (non-hydrogen) atoms. The quantitative estimate of drug-likeness (QED) is 0.817. The molecule has 9 heteroatoms. The number of amides is 2. The molecule has 1 aromatic carbocycles. The number of allylic oxidation sites excluding steroid dienone is 1. The van der Waals surface area contributed by atoms with Gasteiger partial charge in [-0.25, -0.2) is 8.42 Å². The van der Waals surface area contributed by atoms with Gasteiger partial charge in [0.1, 0.15) is 6.04 Å². The van der Waals surface area contributed by atoms with Gasteiger partial charge >= 0.3 is 0 Å². The molecule has 2 unspecified atom stereocenters. The number of hydrogen-bond donors (Lipinski definition) is 1. The van der Waals surface area contributed by atoms with Crippen molar-refractivity contribution in [1.82, 2.24) is 4.90 Å². The van der Waals surface area contributed by atoms with Crippen molar-refractivity contribution in [3.05, 3.63) is 39.7 Å². The lowest BCUT2D eigenvalue weighted by Gasteiger charge is -2.25. The van der Waals surface area contributed by atoms with Gasteiger partial charge in [0.2, 0.25) is 11.8 Å². The monoisotopic (exact) mass is 416 g/mol. The summed E-state index contributed by atoms with van der Waals surface area (Å²) in [5.41, 5.74) is 0.469. The van der Waals surface area contributed by atoms with Crippen LogP contribution in [0.4, 0.5) is 5.69 Å². The highest BCUT2D eigenvalue weighted by Gasteiger charge is 2.35. The highest BCUT2D eigenvalue weighted by atomic mass is 35.5. The average Bonchev–Trinajstić information content (AvgIpc) is 3.12. The summed E-state index contributed by atoms with van der Waals surface area (Å²) in [4.78, 5) is 26.7. The lowest BCUT2D eigenvalue weighted by Crippen LogP contribution is -2.43. The van der Waals surface area contributed by atoms with Crippen molar-refractivity contribution in [2.75, 3.05) is 17.6 Å². The Morgan fingerprint density at radius 3 is 2.50 bits per heavy atom. The third kappa shape index (κ3) is 4.58. The predicted octanol–water partition coefficient (Wildman–Crippen LogP) is 2.87. The molecule has 0 spiro atoms. The predicted molar refractivity (Wildman–Crippen MR) is 101 cm³/mol. The number of nitrogens with zero attached hydrogens (tertiary/aromatic N) is 1. The van der Waals surface area contributed by atoms with Crippen LogP contribution in [0.3, 0.4) is 0 Å². The fraction of sp³-hybridized carbons (Fsp3) is 0.412. The van der Waals surface area contributed by atoms with Gasteiger partial charge in [0.15, 0.2) is 9.84 Å². The fourth-order valence-electron chi connectivity index (χ4n) is 3.30. The molecule has 140 valence electrons. The molecule has 2 amide bonds. The van der Waals surface area contributed by atoms with Crippen molar-refractivity contribution in [3.8, 4) is 0 Å². The Morgan fingerprint density at radius 2 is 1.88 bits per heavy atom. The highest BCUT2D eigenvalue weighted by molar-refractivity contribution is 7.94. The van der Waals surface area contributed by atoms with Crippen molar-refractivity contribution in [1.29, 1.82) is 0 Å². The summed E-state index contributed by atoms with van der Waals surface area (Å²) < 4.78 is 23.0. The molecule has 1 aromatic rings. The molecule has 0 aliphatic carbocycles. The number of carbonyl (C=O) groups is 2. The Bertz CT molecular complexity index is 849. The Labute approximate surface area is 162 Å². The van der Waals surface area contributed by atoms with Gasteiger partial charge in [0.25, 0.3) is 0 Å². The molecule has 6 nitrogen and oxygen atoms in total. The zero-order chi connectivity index (χ0) is 18.9. The first-order valence-corrected chi connectivity index (χ1v) is 10.7. The summed E-state index contributed by atoms with van der Waals surface area (Å²) in [6.45, 7) is 0.483. The average molecular weight is 417 g/mol. The van der Waals surface area contributed by atoms with Gasteiger partial charge in [-0.3, -0.25) is 9.59 Å². The van der Waals surface area contributed by atoms with Gasteiger partial charge < -0.3 is 10.2 Å². The summed E-state index contributed by atoms with van der Waals surface area (Å²) in [6.07, 6.45) is 2.92. The summed E-state index contributed by atoms with van der Waals surface area (Å²) in [5, 5.41) is 4.71. The van der Waals surface area contributed by atoms with E-state index in [1.807, 2.05) is 0 Å². The molecule has 2 aliphatic rings. The molecule has 1 N–H and O–H groups in total. The number of likely N-dealkylation sites (tertiary alicyclic amines) is 1. The van der Waals surface area contributed by atoms with Crippen LogP contribution in [0.15, 0.2) is 29.7 Å². The Morgan fingerprint density at radius 1 is 1.19 bits per heavy atom. The van der Waals surface area contributed by atoms with E-state index in [0.717, 1.165) is 11.8 Å². The standard InChI is InChI=1S/C17H18Cl2N2O4S/c18-12-7-13(19)9-14(8-12)20-17(23)15-2-1-4-21(15)16(22)6-11-3-5-26(24,25)10-11/h3,5,7-9,11,15H,1-2,4,6,10H2,(H,20,23). The number of nitrogens with one attached hydrogen (secondary N) is 1. The minimum atomic E-state index is -3.20. The van der Waals surface area contributed by atoms with Gasteiger partial charge in [0.05, 0.1) is 5.75 Å². The number of hydrogen-bond acceptors (Lipinski definition) is 4. The number of sulfone groups is 1. The maximum atomic E-state index is 12.6. The molecule has 0 radical (unpaired) electrons. The highest BCUT2D eigenvalue weighted by Crippen LogP contribution is 2.26. The van der Waals surface area contributed by atoms with E-state index < -0.39 is 15.9 Å². The number of halogens is 2. The number of anilines is 1. The SMILES string of the molecule is O=C(Nc1cc(Cl)cc(Cl)c1)C1CCCN1C(=O)CC1C=CS(=O)(=O)C1. The molecule has 1 fully saturated rings. The molecule has 2 atom stereocenters. The minimum Gasteiger partial charge on any atom is -0.331 e. The van der Waals surface area contributed by atoms with E-state index in [1.165, 1.54) is 4.90 Å². The number of benzene rings is 1. The lowest BCUT2D eigenvalue weighted by molar-refractivity contribution is -0.137. The van der Waals surface area contributed by atoms with E-state index in [-0.39, 0.29) is 29.9 Å². The van der Waals surface area contributed by atoms with Crippen molar-refractivity contribution in [3.63, 3.8) is 0 Å². The third-order valence-corrected chi connectivity index (χ3v) is 6.35. The van der Waals surface area contributed by atoms with Crippen molar-refractivity contribution in [2.45, 2.75) is 25.3 Å². The number of rotatable bonds is 4. The summed E-state index contributed by atoms with van der Waals surface area (Å²) in [5.74, 6) is -0.893. The molecule has 2 aliphatic heterocycles. The third-order valence-electron chi connectivity index (χ3n) is 4.45. The van der Waals surface area contributed by atoms with Crippen molar-refractivity contribution >= 4 is 50.5 Å². The summed E-state index contributed by atoms with van der Waals surface area (Å²) >= 11 is 11.9. The van der Waals surface area contributed by atoms with Crippen LogP contribution in [0.25, 0.3) is 0 Å². The van der Waals surface area contributed by atoms with Crippen molar-refractivity contribution in [2.24, 2.45) is 5.92 Å². The van der Waals surface area contributed by atoms with E-state index >= 15 is 0 Å². The first-order chi connectivity index (χ1) is 12.2. The lowest BCUT2D eigenvalue weighted by atomic mass is 10.1. The molecular weight excluding hydrogens is 399 g/mol. The molecule has 2 heterocycles. The fourth-order valence-corrected chi connectivity index (χ4v) is 5.22. The molecule has 0 aromatic heterocycles. The Balaban J connectivity index is 1.64. The van der Waals surface area contributed by atoms with Gasteiger partial charge in [-0.05, 0) is 31.0 Å². The second-order valence-electron chi connectivity index (χ2n) is 6.51. The molecular formula is C17H18Cl2N2O4S. The maximum absolute atomic E-state index is 12.6. The Hall–Kier alpha value is -1.57. The smallest absolute Gasteiger partial charge is 0.247 e. The normalized spacial score (nSPS) is 24.0. The van der Waals surface area contributed by atoms with Crippen LogP contribution < -0.4 is 5.32 Å². The number of carbonyl (C=O) groups excluding carboxylic acids is 2. The van der Waals surface area contributed by atoms with E-state index in [0.29, 0.717) is 28.7 Å². The zero-order valence-electron chi connectivity index (χ0n) is 13.8. The van der Waals surface area contributed by atoms with Gasteiger partial charge in [-0.1, -0.05) is 29.3 Å². The molecule has 0 bridgehead atoms. The van der Waals surface area contributed by atoms with Crippen LogP contribution >= 0.6 is 23.2 Å². The molecule has 0 saturated carbocycles. The molecule has 1 saturated heterocycles. The van der Waals surface area contributed by atoms with Crippen molar-refractivity contribution < 1.29 is 18.0 Å². The first-order valence-electron chi connectivity index (χ1n) is 8.21. The maximum Gasteiger partial charge on any atom is 0.247 e. The minimum absolute atomic E-state index is 0.0511. The van der Waals surface area contributed by atoms with Crippen LogP contribution in [0.1, 0.15) is 19.3 Å². The largest absolute Gasteiger partial charge is 0.331 e. The second kappa shape index (κ2) is 7.58. The van der Waals surface area contributed by atoms with Crippen LogP contribution in [-0.2, 0) is 19.4 Å². The van der Waals surface area contributed by atoms with Gasteiger partial charge in [-0.15, -0.1) is 0 Å². The zero-order valence-corrected chi connectivity index (χ0v) is 16.1. The topological polar surface area (TPSA) is 83.6 Å². The second-order valence-corrected chi connectivity index (χ2v) is 9.32. The van der Waals surface area contributed by atoms with E-state index in [2.05, 4.69) is 5.32 Å². The van der Waals surface area contributed by atoms with E-state index in [9.17, 15) is 18.0 Å². The van der Waals surface area contributed by atoms with Crippen LogP contribution in [-0.4, -0.2) is 43.5 Å². The summed E-state index contributed by atoms with van der Waals surface area (Å²) in [6, 6.07) is 4.15. The van der Waals surface area contributed by atoms with Crippen LogP contribution in [0.2, 0.25) is 10.0 Å². The van der Waals surface area contributed by atoms with Gasteiger partial charge in [0, 0.05) is 40.0 Å². The Kier molecular flexibility index (Phi) is 5.60. The molecule has 3 rings (SSSR count). The summed E-state index contributed by atoms with van der Waals surface area (Å²) in [7, 11) is -3.20. The van der Waals surface area contributed by atoms with Gasteiger partial charge in [-0.2, -0.15) is 0 Å². The van der Waals surface area contributed by atoms with E-state index in [4.69, 9.17) is 23.2 Å².